The molecular weight excluding hydrogens is 440 g/mol. The minimum atomic E-state index is -3.79. The Kier molecular flexibility index (Phi) is 6.62. The Morgan fingerprint density at radius 2 is 2.00 bits per heavy atom. The zero-order valence-corrected chi connectivity index (χ0v) is 19.9. The minimum Gasteiger partial charge on any atom is -0.352 e. The van der Waals surface area contributed by atoms with Gasteiger partial charge >= 0.3 is 0 Å². The number of aromatic nitrogens is 2. The predicted octanol–water partition coefficient (Wildman–Crippen LogP) is 3.38. The van der Waals surface area contributed by atoms with Crippen LogP contribution in [-0.2, 0) is 21.4 Å². The maximum atomic E-state index is 13.5. The second-order valence-electron chi connectivity index (χ2n) is 8.53. The number of hydrogen-bond donors (Lipinski definition) is 1. The molecule has 3 aromatic rings. The third-order valence-corrected chi connectivity index (χ3v) is 7.90. The van der Waals surface area contributed by atoms with E-state index < -0.39 is 10.0 Å². The van der Waals surface area contributed by atoms with Crippen LogP contribution in [0, 0.1) is 26.7 Å². The van der Waals surface area contributed by atoms with Gasteiger partial charge in [-0.2, -0.15) is 9.29 Å². The predicted molar refractivity (Wildman–Crippen MR) is 124 cm³/mol. The van der Waals surface area contributed by atoms with Crippen LogP contribution in [0.2, 0.25) is 0 Å². The lowest BCUT2D eigenvalue weighted by atomic mass is 9.98. The zero-order chi connectivity index (χ0) is 23.6. The second kappa shape index (κ2) is 9.44. The molecule has 2 aromatic carbocycles. The second-order valence-corrected chi connectivity index (χ2v) is 10.4. The highest BCUT2D eigenvalue weighted by Gasteiger charge is 2.34. The fourth-order valence-corrected chi connectivity index (χ4v) is 5.88. The lowest BCUT2D eigenvalue weighted by Crippen LogP contribution is -2.45. The van der Waals surface area contributed by atoms with Gasteiger partial charge in [0.15, 0.2) is 0 Å². The van der Waals surface area contributed by atoms with Crippen molar-refractivity contribution in [2.24, 2.45) is 5.92 Å². The molecule has 33 heavy (non-hydrogen) atoms. The summed E-state index contributed by atoms with van der Waals surface area (Å²) in [6.45, 7) is 6.41. The van der Waals surface area contributed by atoms with Crippen molar-refractivity contribution in [2.45, 2.75) is 45.1 Å². The van der Waals surface area contributed by atoms with Crippen molar-refractivity contribution in [3.63, 3.8) is 0 Å². The van der Waals surface area contributed by atoms with E-state index in [1.807, 2.05) is 31.2 Å². The molecule has 0 aliphatic carbocycles. The van der Waals surface area contributed by atoms with E-state index in [0.717, 1.165) is 11.1 Å². The first-order valence-electron chi connectivity index (χ1n) is 11.0. The van der Waals surface area contributed by atoms with Gasteiger partial charge in [0.25, 0.3) is 0 Å². The number of amides is 1. The molecule has 0 unspecified atom stereocenters. The zero-order valence-electron chi connectivity index (χ0n) is 19.0. The molecule has 1 amide bonds. The Morgan fingerprint density at radius 3 is 2.73 bits per heavy atom. The SMILES string of the molecule is Cc1cccc(CNC(=O)[C@H]2CCCN(S(=O)(=O)c3cc(-c4noc(C)n4)ccc3C)C2)c1. The van der Waals surface area contributed by atoms with Crippen LogP contribution in [0.1, 0.15) is 35.4 Å². The maximum absolute atomic E-state index is 13.5. The summed E-state index contributed by atoms with van der Waals surface area (Å²) in [6, 6.07) is 13.0. The summed E-state index contributed by atoms with van der Waals surface area (Å²) in [7, 11) is -3.79. The molecule has 1 fully saturated rings. The average molecular weight is 469 g/mol. The molecule has 9 heteroatoms. The van der Waals surface area contributed by atoms with Gasteiger partial charge in [-0.15, -0.1) is 0 Å². The number of aryl methyl sites for hydroxylation is 3. The molecule has 174 valence electrons. The van der Waals surface area contributed by atoms with Crippen molar-refractivity contribution < 1.29 is 17.7 Å². The molecule has 0 radical (unpaired) electrons. The molecule has 2 heterocycles. The Labute approximate surface area is 194 Å². The van der Waals surface area contributed by atoms with Crippen LogP contribution < -0.4 is 5.32 Å². The summed E-state index contributed by atoms with van der Waals surface area (Å²) in [6.07, 6.45) is 1.29. The third-order valence-electron chi connectivity index (χ3n) is 5.90. The van der Waals surface area contributed by atoms with Crippen LogP contribution in [0.3, 0.4) is 0 Å². The highest BCUT2D eigenvalue weighted by Crippen LogP contribution is 2.29. The van der Waals surface area contributed by atoms with Gasteiger partial charge in [0.1, 0.15) is 0 Å². The van der Waals surface area contributed by atoms with Crippen molar-refractivity contribution in [3.05, 3.63) is 65.0 Å². The minimum absolute atomic E-state index is 0.121. The van der Waals surface area contributed by atoms with Crippen molar-refractivity contribution in [1.82, 2.24) is 19.8 Å². The molecule has 4 rings (SSSR count). The fourth-order valence-electron chi connectivity index (χ4n) is 4.10. The number of hydrogen-bond acceptors (Lipinski definition) is 6. The van der Waals surface area contributed by atoms with Crippen molar-refractivity contribution >= 4 is 15.9 Å². The number of sulfonamides is 1. The fraction of sp³-hybridized carbons (Fsp3) is 0.375. The summed E-state index contributed by atoms with van der Waals surface area (Å²) < 4.78 is 33.5. The van der Waals surface area contributed by atoms with E-state index in [-0.39, 0.29) is 23.3 Å². The summed E-state index contributed by atoms with van der Waals surface area (Å²) in [5.74, 6) is 0.243. The third kappa shape index (κ3) is 5.15. The van der Waals surface area contributed by atoms with Gasteiger partial charge in [-0.05, 0) is 43.9 Å². The van der Waals surface area contributed by atoms with Gasteiger partial charge in [-0.1, -0.05) is 47.1 Å². The van der Waals surface area contributed by atoms with Gasteiger partial charge < -0.3 is 9.84 Å². The van der Waals surface area contributed by atoms with Gasteiger partial charge in [0.2, 0.25) is 27.6 Å². The van der Waals surface area contributed by atoms with E-state index in [9.17, 15) is 13.2 Å². The number of rotatable bonds is 6. The number of piperidine rings is 1. The number of carbonyl (C=O) groups excluding carboxylic acids is 1. The lowest BCUT2D eigenvalue weighted by Gasteiger charge is -2.31. The molecule has 0 saturated carbocycles. The molecule has 1 aliphatic heterocycles. The molecule has 0 spiro atoms. The van der Waals surface area contributed by atoms with Crippen LogP contribution in [0.5, 0.6) is 0 Å². The quantitative estimate of drug-likeness (QED) is 0.595. The van der Waals surface area contributed by atoms with Crippen LogP contribution >= 0.6 is 0 Å². The highest BCUT2D eigenvalue weighted by molar-refractivity contribution is 7.89. The Hall–Kier alpha value is -3.04. The van der Waals surface area contributed by atoms with Crippen molar-refractivity contribution in [3.8, 4) is 11.4 Å². The number of nitrogens with one attached hydrogen (secondary N) is 1. The van der Waals surface area contributed by atoms with E-state index in [1.165, 1.54) is 4.31 Å². The molecule has 1 aromatic heterocycles. The van der Waals surface area contributed by atoms with Crippen LogP contribution in [0.4, 0.5) is 0 Å². The highest BCUT2D eigenvalue weighted by atomic mass is 32.2. The standard InChI is InChI=1S/C24H28N4O4S/c1-16-6-4-7-19(12-16)14-25-24(29)21-8-5-11-28(15-21)33(30,31)22-13-20(10-9-17(22)2)23-26-18(3)32-27-23/h4,6-7,9-10,12-13,21H,5,8,11,14-15H2,1-3H3,(H,25,29)/t21-/m0/s1. The topological polar surface area (TPSA) is 105 Å². The molecule has 8 nitrogen and oxygen atoms in total. The lowest BCUT2D eigenvalue weighted by molar-refractivity contribution is -0.126. The number of nitrogens with zero attached hydrogens (tertiary/aromatic N) is 3. The largest absolute Gasteiger partial charge is 0.352 e. The van der Waals surface area contributed by atoms with E-state index in [0.29, 0.717) is 48.8 Å². The first-order valence-corrected chi connectivity index (χ1v) is 12.4. The van der Waals surface area contributed by atoms with E-state index in [2.05, 4.69) is 15.5 Å². The normalized spacial score (nSPS) is 17.1. The van der Waals surface area contributed by atoms with Gasteiger partial charge in [-0.25, -0.2) is 8.42 Å². The van der Waals surface area contributed by atoms with E-state index >= 15 is 0 Å². The first-order chi connectivity index (χ1) is 15.7. The van der Waals surface area contributed by atoms with Gasteiger partial charge in [0.05, 0.1) is 10.8 Å². The Morgan fingerprint density at radius 1 is 1.18 bits per heavy atom. The molecule has 1 aliphatic rings. The van der Waals surface area contributed by atoms with Crippen LogP contribution in [0.15, 0.2) is 51.9 Å². The molecule has 0 bridgehead atoms. The Balaban J connectivity index is 1.49. The van der Waals surface area contributed by atoms with Gasteiger partial charge in [-0.3, -0.25) is 4.79 Å². The van der Waals surface area contributed by atoms with E-state index in [1.54, 1.807) is 32.0 Å². The molecular formula is C24H28N4O4S. The van der Waals surface area contributed by atoms with Crippen LogP contribution in [-0.4, -0.2) is 41.9 Å². The van der Waals surface area contributed by atoms with Crippen molar-refractivity contribution in [2.75, 3.05) is 13.1 Å². The summed E-state index contributed by atoms with van der Waals surface area (Å²) in [5.41, 5.74) is 3.35. The monoisotopic (exact) mass is 468 g/mol. The van der Waals surface area contributed by atoms with Crippen molar-refractivity contribution in [1.29, 1.82) is 0 Å². The summed E-state index contributed by atoms with van der Waals surface area (Å²) in [5, 5.41) is 6.85. The number of carbonyl (C=O) groups is 1. The molecule has 1 atom stereocenters. The van der Waals surface area contributed by atoms with Gasteiger partial charge in [0, 0.05) is 32.1 Å². The summed E-state index contributed by atoms with van der Waals surface area (Å²) >= 11 is 0. The Bertz CT molecular complexity index is 1270. The maximum Gasteiger partial charge on any atom is 0.243 e. The summed E-state index contributed by atoms with van der Waals surface area (Å²) in [4.78, 5) is 17.2. The van der Waals surface area contributed by atoms with E-state index in [4.69, 9.17) is 4.52 Å². The average Bonchev–Trinajstić information content (AvgIpc) is 3.24. The number of benzene rings is 2. The molecule has 1 saturated heterocycles. The van der Waals surface area contributed by atoms with Crippen LogP contribution in [0.25, 0.3) is 11.4 Å². The smallest absolute Gasteiger partial charge is 0.243 e. The first kappa shape index (κ1) is 23.1. The molecule has 1 N–H and O–H groups in total.